The molecule has 0 aromatic carbocycles. The number of carboxylic acid groups (broad SMARTS) is 1. The Bertz CT molecular complexity index is 946. The number of hydrogen-bond acceptors (Lipinski definition) is 7. The summed E-state index contributed by atoms with van der Waals surface area (Å²) < 4.78 is 0. The van der Waals surface area contributed by atoms with Crippen LogP contribution >= 0.6 is 0 Å². The van der Waals surface area contributed by atoms with Crippen molar-refractivity contribution in [3.63, 3.8) is 0 Å². The van der Waals surface area contributed by atoms with Crippen molar-refractivity contribution in [2.45, 2.75) is 76.5 Å². The maximum Gasteiger partial charge on any atom is 0.326 e. The minimum Gasteiger partial charge on any atom is -0.480 e. The number of rotatable bonds is 14. The zero-order valence-corrected chi connectivity index (χ0v) is 21.4. The molecular weight excluding hydrogens is 482 g/mol. The van der Waals surface area contributed by atoms with Crippen molar-refractivity contribution in [2.24, 2.45) is 28.1 Å². The fraction of sp³-hybridized carbons (Fsp3) is 0.652. The second-order valence-electron chi connectivity index (χ2n) is 9.62. The van der Waals surface area contributed by atoms with Gasteiger partial charge >= 0.3 is 5.97 Å². The van der Waals surface area contributed by atoms with Gasteiger partial charge in [0.2, 0.25) is 17.7 Å². The quantitative estimate of drug-likeness (QED) is 0.0848. The molecule has 2 rings (SSSR count). The molecule has 1 aliphatic heterocycles. The number of aliphatic imine (C=N–C) groups is 1. The van der Waals surface area contributed by atoms with Gasteiger partial charge in [-0.05, 0) is 38.0 Å². The zero-order chi connectivity index (χ0) is 27.5. The Hall–Kier alpha value is -3.68. The normalized spacial score (nSPS) is 17.6. The van der Waals surface area contributed by atoms with E-state index in [2.05, 4.69) is 25.6 Å². The van der Waals surface area contributed by atoms with Gasteiger partial charge in [0.25, 0.3) is 0 Å². The van der Waals surface area contributed by atoms with Crippen LogP contribution in [0.15, 0.2) is 17.5 Å². The number of guanidine groups is 1. The lowest BCUT2D eigenvalue weighted by atomic mass is 10.0. The van der Waals surface area contributed by atoms with Gasteiger partial charge in [0.15, 0.2) is 5.96 Å². The molecule has 3 amide bonds. The van der Waals surface area contributed by atoms with Crippen LogP contribution in [0, 0.1) is 5.92 Å². The molecule has 14 nitrogen and oxygen atoms in total. The van der Waals surface area contributed by atoms with Crippen molar-refractivity contribution < 1.29 is 24.3 Å². The molecule has 1 aliphatic rings. The molecule has 2 heterocycles. The lowest BCUT2D eigenvalue weighted by Gasteiger charge is -2.30. The van der Waals surface area contributed by atoms with Crippen molar-refractivity contribution in [1.29, 1.82) is 0 Å². The Labute approximate surface area is 215 Å². The van der Waals surface area contributed by atoms with Gasteiger partial charge in [0.1, 0.15) is 18.1 Å². The fourth-order valence-corrected chi connectivity index (χ4v) is 4.24. The van der Waals surface area contributed by atoms with Gasteiger partial charge < -0.3 is 42.8 Å². The fourth-order valence-electron chi connectivity index (χ4n) is 4.24. The molecule has 206 valence electrons. The van der Waals surface area contributed by atoms with Gasteiger partial charge in [-0.25, -0.2) is 9.78 Å². The number of aromatic amines is 1. The van der Waals surface area contributed by atoms with E-state index in [9.17, 15) is 24.3 Å². The summed E-state index contributed by atoms with van der Waals surface area (Å²) >= 11 is 0. The Kier molecular flexibility index (Phi) is 11.3. The van der Waals surface area contributed by atoms with Crippen molar-refractivity contribution >= 4 is 29.7 Å². The first kappa shape index (κ1) is 29.5. The second kappa shape index (κ2) is 14.2. The highest BCUT2D eigenvalue weighted by Gasteiger charge is 2.39. The number of nitrogens with one attached hydrogen (secondary N) is 3. The number of carbonyl (C=O) groups is 4. The van der Waals surface area contributed by atoms with E-state index in [4.69, 9.17) is 17.2 Å². The molecule has 10 N–H and O–H groups in total. The highest BCUT2D eigenvalue weighted by molar-refractivity contribution is 5.94. The van der Waals surface area contributed by atoms with Gasteiger partial charge in [-0.1, -0.05) is 13.8 Å². The standard InChI is InChI=1S/C23H39N9O5/c1-13(2)9-15(24)19(33)31-17(10-14-11-27-12-29-14)21(35)32-8-4-6-18(32)20(34)30-16(22(36)37)5-3-7-28-23(25)26/h11-13,15-18H,3-10,24H2,1-2H3,(H,27,29)(H,30,34)(H,31,33)(H,36,37)(H4,25,26,28). The number of likely N-dealkylation sites (tertiary alicyclic amines) is 1. The van der Waals surface area contributed by atoms with E-state index < -0.39 is 47.9 Å². The first-order valence-electron chi connectivity index (χ1n) is 12.4. The van der Waals surface area contributed by atoms with Crippen LogP contribution in [0.4, 0.5) is 0 Å². The molecule has 0 saturated carbocycles. The Balaban J connectivity index is 2.11. The molecule has 0 bridgehead atoms. The molecular formula is C23H39N9O5. The van der Waals surface area contributed by atoms with Crippen LogP contribution in [-0.2, 0) is 25.6 Å². The molecule has 0 radical (unpaired) electrons. The molecule has 0 aliphatic carbocycles. The number of nitrogens with two attached hydrogens (primary N) is 3. The van der Waals surface area contributed by atoms with Crippen molar-refractivity contribution in [2.75, 3.05) is 13.1 Å². The van der Waals surface area contributed by atoms with Gasteiger partial charge in [-0.2, -0.15) is 0 Å². The molecule has 1 aromatic rings. The predicted octanol–water partition coefficient (Wildman–Crippen LogP) is -1.58. The Morgan fingerprint density at radius 2 is 1.97 bits per heavy atom. The summed E-state index contributed by atoms with van der Waals surface area (Å²) in [7, 11) is 0. The number of carboxylic acids is 1. The first-order valence-corrected chi connectivity index (χ1v) is 12.4. The highest BCUT2D eigenvalue weighted by Crippen LogP contribution is 2.20. The third-order valence-electron chi connectivity index (χ3n) is 6.05. The van der Waals surface area contributed by atoms with Gasteiger partial charge in [0, 0.05) is 31.4 Å². The van der Waals surface area contributed by atoms with Crippen molar-refractivity contribution in [1.82, 2.24) is 25.5 Å². The highest BCUT2D eigenvalue weighted by atomic mass is 16.4. The number of H-pyrrole nitrogens is 1. The summed E-state index contributed by atoms with van der Waals surface area (Å²) in [4.78, 5) is 63.1. The Morgan fingerprint density at radius 3 is 2.57 bits per heavy atom. The summed E-state index contributed by atoms with van der Waals surface area (Å²) in [6.07, 6.45) is 4.99. The smallest absolute Gasteiger partial charge is 0.326 e. The molecule has 37 heavy (non-hydrogen) atoms. The molecule has 14 heteroatoms. The lowest BCUT2D eigenvalue weighted by Crippen LogP contribution is -2.57. The van der Waals surface area contributed by atoms with E-state index >= 15 is 0 Å². The van der Waals surface area contributed by atoms with E-state index in [1.54, 1.807) is 6.20 Å². The SMILES string of the molecule is CC(C)CC(N)C(=O)NC(Cc1cnc[nH]1)C(=O)N1CCCC1C(=O)NC(CCCN=C(N)N)C(=O)O. The maximum atomic E-state index is 13.6. The van der Waals surface area contributed by atoms with E-state index in [0.29, 0.717) is 37.9 Å². The van der Waals surface area contributed by atoms with Crippen LogP contribution in [0.1, 0.15) is 51.6 Å². The third-order valence-corrected chi connectivity index (χ3v) is 6.05. The summed E-state index contributed by atoms with van der Waals surface area (Å²) in [5, 5.41) is 14.8. The average Bonchev–Trinajstić information content (AvgIpc) is 3.51. The van der Waals surface area contributed by atoms with Crippen LogP contribution in [0.25, 0.3) is 0 Å². The molecule has 4 unspecified atom stereocenters. The van der Waals surface area contributed by atoms with Crippen LogP contribution in [0.3, 0.4) is 0 Å². The number of hydrogen-bond donors (Lipinski definition) is 7. The number of imidazole rings is 1. The molecule has 1 saturated heterocycles. The average molecular weight is 522 g/mol. The summed E-state index contributed by atoms with van der Waals surface area (Å²) in [5.41, 5.74) is 17.2. The number of amides is 3. The molecule has 1 fully saturated rings. The monoisotopic (exact) mass is 521 g/mol. The van der Waals surface area contributed by atoms with Gasteiger partial charge in [-0.3, -0.25) is 19.4 Å². The van der Waals surface area contributed by atoms with Gasteiger partial charge in [-0.15, -0.1) is 0 Å². The van der Waals surface area contributed by atoms with Gasteiger partial charge in [0.05, 0.1) is 12.4 Å². The molecule has 0 spiro atoms. The second-order valence-corrected chi connectivity index (χ2v) is 9.62. The van der Waals surface area contributed by atoms with Crippen LogP contribution in [0.5, 0.6) is 0 Å². The largest absolute Gasteiger partial charge is 0.480 e. The maximum absolute atomic E-state index is 13.6. The minimum atomic E-state index is -1.20. The van der Waals surface area contributed by atoms with E-state index in [1.165, 1.54) is 11.2 Å². The summed E-state index contributed by atoms with van der Waals surface area (Å²) in [6, 6.07) is -3.79. The summed E-state index contributed by atoms with van der Waals surface area (Å²) in [6.45, 7) is 4.41. The van der Waals surface area contributed by atoms with E-state index in [1.807, 2.05) is 13.8 Å². The topological polar surface area (TPSA) is 235 Å². The van der Waals surface area contributed by atoms with Crippen molar-refractivity contribution in [3.8, 4) is 0 Å². The number of aromatic nitrogens is 2. The first-order chi connectivity index (χ1) is 17.5. The molecule has 4 atom stereocenters. The van der Waals surface area contributed by atoms with E-state index in [0.717, 1.165) is 0 Å². The third kappa shape index (κ3) is 9.37. The van der Waals surface area contributed by atoms with Crippen LogP contribution in [0.2, 0.25) is 0 Å². The van der Waals surface area contributed by atoms with Crippen molar-refractivity contribution in [3.05, 3.63) is 18.2 Å². The number of carbonyl (C=O) groups excluding carboxylic acids is 3. The minimum absolute atomic E-state index is 0.0991. The number of nitrogens with zero attached hydrogens (tertiary/aromatic N) is 3. The number of aliphatic carboxylic acids is 1. The zero-order valence-electron chi connectivity index (χ0n) is 21.4. The van der Waals surface area contributed by atoms with Crippen LogP contribution < -0.4 is 27.8 Å². The Morgan fingerprint density at radius 1 is 1.24 bits per heavy atom. The predicted molar refractivity (Wildman–Crippen MR) is 136 cm³/mol. The summed E-state index contributed by atoms with van der Waals surface area (Å²) in [5.74, 6) is -2.58. The van der Waals surface area contributed by atoms with E-state index in [-0.39, 0.29) is 31.3 Å². The molecule has 1 aromatic heterocycles. The lowest BCUT2D eigenvalue weighted by molar-refractivity contribution is -0.145. The van der Waals surface area contributed by atoms with Crippen LogP contribution in [-0.4, -0.2) is 86.9 Å².